The van der Waals surface area contributed by atoms with Crippen LogP contribution in [0.3, 0.4) is 0 Å². The lowest BCUT2D eigenvalue weighted by Crippen LogP contribution is -2.36. The van der Waals surface area contributed by atoms with Crippen molar-refractivity contribution in [1.82, 2.24) is 4.90 Å². The summed E-state index contributed by atoms with van der Waals surface area (Å²) < 4.78 is 5.50. The maximum absolute atomic E-state index is 12.3. The number of nitrogens with zero attached hydrogens (tertiary/aromatic N) is 1. The van der Waals surface area contributed by atoms with Crippen LogP contribution in [0.1, 0.15) is 50.8 Å². The van der Waals surface area contributed by atoms with Crippen LogP contribution in [0.2, 0.25) is 0 Å². The Balaban J connectivity index is 2.14. The van der Waals surface area contributed by atoms with Crippen molar-refractivity contribution in [2.45, 2.75) is 45.3 Å². The van der Waals surface area contributed by atoms with E-state index in [2.05, 4.69) is 30.1 Å². The zero-order valence-electron chi connectivity index (χ0n) is 13.0. The van der Waals surface area contributed by atoms with Crippen LogP contribution in [0.15, 0.2) is 24.3 Å². The highest BCUT2D eigenvalue weighted by Gasteiger charge is 2.32. The van der Waals surface area contributed by atoms with Gasteiger partial charge in [-0.2, -0.15) is 10.9 Å². The molecule has 1 amide bonds. The number of hydrogen-bond donors (Lipinski definition) is 0. The molecule has 1 atom stereocenters. The van der Waals surface area contributed by atoms with Gasteiger partial charge in [-0.05, 0) is 56.0 Å². The maximum atomic E-state index is 12.3. The van der Waals surface area contributed by atoms with E-state index < -0.39 is 5.60 Å². The monoisotopic (exact) mass is 305 g/mol. The van der Waals surface area contributed by atoms with Gasteiger partial charge in [0.15, 0.2) is 0 Å². The second-order valence-corrected chi connectivity index (χ2v) is 6.85. The second-order valence-electron chi connectivity index (χ2n) is 6.28. The average Bonchev–Trinajstić information content (AvgIpc) is 2.87. The molecule has 0 bridgehead atoms. The highest BCUT2D eigenvalue weighted by Crippen LogP contribution is 2.33. The van der Waals surface area contributed by atoms with E-state index in [1.807, 2.05) is 31.0 Å². The molecule has 0 saturated carbocycles. The largest absolute Gasteiger partial charge is 0.444 e. The van der Waals surface area contributed by atoms with Crippen molar-refractivity contribution in [3.63, 3.8) is 0 Å². The molecule has 1 heterocycles. The van der Waals surface area contributed by atoms with Crippen molar-refractivity contribution in [2.75, 3.05) is 6.54 Å². The van der Waals surface area contributed by atoms with Gasteiger partial charge >= 0.3 is 6.09 Å². The van der Waals surface area contributed by atoms with Crippen LogP contribution in [0, 0.1) is 0 Å². The van der Waals surface area contributed by atoms with Crippen molar-refractivity contribution < 1.29 is 9.53 Å². The Hall–Kier alpha value is -1.55. The number of carbonyl (C=O) groups is 1. The van der Waals surface area contributed by atoms with Gasteiger partial charge in [0.25, 0.3) is 0 Å². The summed E-state index contributed by atoms with van der Waals surface area (Å²) in [4.78, 5) is 14.1. The normalized spacial score (nSPS) is 18.4. The fourth-order valence-corrected chi connectivity index (χ4v) is 2.89. The van der Waals surface area contributed by atoms with Crippen molar-refractivity contribution in [2.24, 2.45) is 0 Å². The lowest BCUT2D eigenvalue weighted by atomic mass is 10.0. The minimum atomic E-state index is -0.450. The molecule has 1 aliphatic rings. The SMILES string of the molecule is C=S=Cc1ccc([C@@H]2CCCN2C(=O)OC(C)(C)C)cc1. The average molecular weight is 305 g/mol. The Labute approximate surface area is 130 Å². The molecule has 0 radical (unpaired) electrons. The molecule has 0 N–H and O–H groups in total. The van der Waals surface area contributed by atoms with E-state index >= 15 is 0 Å². The topological polar surface area (TPSA) is 29.5 Å². The van der Waals surface area contributed by atoms with E-state index in [0.29, 0.717) is 0 Å². The lowest BCUT2D eigenvalue weighted by Gasteiger charge is -2.28. The first-order chi connectivity index (χ1) is 9.90. The fraction of sp³-hybridized carbons (Fsp3) is 0.471. The molecule has 1 fully saturated rings. The Morgan fingerprint density at radius 3 is 2.62 bits per heavy atom. The smallest absolute Gasteiger partial charge is 0.410 e. The van der Waals surface area contributed by atoms with E-state index in [4.69, 9.17) is 4.74 Å². The van der Waals surface area contributed by atoms with Crippen molar-refractivity contribution >= 4 is 28.3 Å². The highest BCUT2D eigenvalue weighted by atomic mass is 32.1. The van der Waals surface area contributed by atoms with E-state index in [1.54, 1.807) is 0 Å². The van der Waals surface area contributed by atoms with Crippen molar-refractivity contribution in [3.05, 3.63) is 35.4 Å². The minimum Gasteiger partial charge on any atom is -0.444 e. The van der Waals surface area contributed by atoms with Crippen LogP contribution in [-0.2, 0) is 4.74 Å². The zero-order valence-corrected chi connectivity index (χ0v) is 13.8. The molecular formula is C17H23NO2S. The van der Waals surface area contributed by atoms with E-state index in [9.17, 15) is 4.79 Å². The van der Waals surface area contributed by atoms with Crippen molar-refractivity contribution in [1.29, 1.82) is 0 Å². The number of amides is 1. The molecule has 3 nitrogen and oxygen atoms in total. The van der Waals surface area contributed by atoms with E-state index in [0.717, 1.165) is 24.9 Å². The summed E-state index contributed by atoms with van der Waals surface area (Å²) in [6, 6.07) is 8.45. The molecule has 4 heteroatoms. The molecule has 0 aromatic heterocycles. The summed E-state index contributed by atoms with van der Waals surface area (Å²) in [5.41, 5.74) is 1.86. The minimum absolute atomic E-state index is 0.126. The Morgan fingerprint density at radius 2 is 2.05 bits per heavy atom. The maximum Gasteiger partial charge on any atom is 0.410 e. The zero-order chi connectivity index (χ0) is 15.5. The van der Waals surface area contributed by atoms with Crippen molar-refractivity contribution in [3.8, 4) is 0 Å². The third-order valence-electron chi connectivity index (χ3n) is 3.42. The number of carbonyl (C=O) groups excluding carboxylic acids is 1. The Kier molecular flexibility index (Phi) is 4.88. The molecule has 114 valence electrons. The quantitative estimate of drug-likeness (QED) is 0.771. The van der Waals surface area contributed by atoms with Gasteiger partial charge in [-0.1, -0.05) is 24.3 Å². The summed E-state index contributed by atoms with van der Waals surface area (Å²) in [6.45, 7) is 6.47. The number of likely N-dealkylation sites (tertiary alicyclic amines) is 1. The van der Waals surface area contributed by atoms with Gasteiger partial charge < -0.3 is 9.64 Å². The first-order valence-electron chi connectivity index (χ1n) is 7.24. The van der Waals surface area contributed by atoms with E-state index in [1.165, 1.54) is 16.5 Å². The van der Waals surface area contributed by atoms with Gasteiger partial charge in [-0.25, -0.2) is 4.79 Å². The summed E-state index contributed by atoms with van der Waals surface area (Å²) in [5.74, 6) is 3.74. The Morgan fingerprint density at radius 1 is 1.38 bits per heavy atom. The summed E-state index contributed by atoms with van der Waals surface area (Å²) in [7, 11) is 1.45. The molecule has 1 aliphatic heterocycles. The number of rotatable bonds is 2. The van der Waals surface area contributed by atoms with Crippen LogP contribution in [-0.4, -0.2) is 34.4 Å². The van der Waals surface area contributed by atoms with Crippen LogP contribution in [0.25, 0.3) is 0 Å². The molecule has 0 spiro atoms. The summed E-state index contributed by atoms with van der Waals surface area (Å²) in [6.07, 6.45) is 1.80. The lowest BCUT2D eigenvalue weighted by molar-refractivity contribution is 0.0224. The summed E-state index contributed by atoms with van der Waals surface area (Å²) >= 11 is 0. The van der Waals surface area contributed by atoms with Crippen LogP contribution < -0.4 is 0 Å². The number of hydrogen-bond acceptors (Lipinski definition) is 2. The molecular weight excluding hydrogens is 282 g/mol. The van der Waals surface area contributed by atoms with Crippen LogP contribution in [0.4, 0.5) is 4.79 Å². The molecule has 21 heavy (non-hydrogen) atoms. The predicted octanol–water partition coefficient (Wildman–Crippen LogP) is 4.07. The molecule has 0 aliphatic carbocycles. The molecule has 1 aromatic rings. The third kappa shape index (κ3) is 4.21. The molecule has 1 aromatic carbocycles. The van der Waals surface area contributed by atoms with Crippen LogP contribution in [0.5, 0.6) is 0 Å². The van der Waals surface area contributed by atoms with Gasteiger partial charge in [0.2, 0.25) is 0 Å². The number of ether oxygens (including phenoxy) is 1. The van der Waals surface area contributed by atoms with Gasteiger partial charge in [0.05, 0.1) is 6.04 Å². The Bertz CT molecular complexity index is 553. The molecule has 2 rings (SSSR count). The standard InChI is InChI=1S/C17H23NO2S/c1-17(2,3)20-16(19)18-11-5-6-15(18)14-9-7-13(8-10-14)12-21-4/h7-10,12,15H,4-6,11H2,1-3H3/t15-/m0/s1. The van der Waals surface area contributed by atoms with Gasteiger partial charge in [0.1, 0.15) is 5.60 Å². The van der Waals surface area contributed by atoms with Gasteiger partial charge in [-0.15, -0.1) is 0 Å². The second kappa shape index (κ2) is 6.48. The fourth-order valence-electron chi connectivity index (χ4n) is 2.55. The van der Waals surface area contributed by atoms with E-state index in [-0.39, 0.29) is 12.1 Å². The first-order valence-corrected chi connectivity index (χ1v) is 8.29. The molecule has 1 saturated heterocycles. The van der Waals surface area contributed by atoms with Gasteiger partial charge in [0, 0.05) is 6.54 Å². The highest BCUT2D eigenvalue weighted by molar-refractivity contribution is 7.95. The first kappa shape index (κ1) is 15.8. The van der Waals surface area contributed by atoms with Gasteiger partial charge in [-0.3, -0.25) is 0 Å². The number of benzene rings is 1. The summed E-state index contributed by atoms with van der Waals surface area (Å²) in [5, 5.41) is 2.00. The predicted molar refractivity (Wildman–Crippen MR) is 91.2 cm³/mol. The van der Waals surface area contributed by atoms with Crippen LogP contribution >= 0.6 is 10.9 Å². The third-order valence-corrected chi connectivity index (χ3v) is 3.86. The molecule has 0 unspecified atom stereocenters.